The van der Waals surface area contributed by atoms with E-state index in [1.54, 1.807) is 6.08 Å². The maximum atomic E-state index is 11.5. The molecule has 2 heteroatoms. The van der Waals surface area contributed by atoms with Gasteiger partial charge in [0.25, 0.3) is 0 Å². The molecule has 0 unspecified atom stereocenters. The lowest BCUT2D eigenvalue weighted by atomic mass is 10.1. The number of unbranched alkanes of at least 4 members (excludes halogenated alkanes) is 1. The van der Waals surface area contributed by atoms with E-state index in [-0.39, 0.29) is 5.91 Å². The minimum Gasteiger partial charge on any atom is -0.352 e. The van der Waals surface area contributed by atoms with Crippen molar-refractivity contribution in [2.75, 3.05) is 6.54 Å². The van der Waals surface area contributed by atoms with E-state index in [0.29, 0.717) is 6.54 Å². The van der Waals surface area contributed by atoms with Gasteiger partial charge in [-0.05, 0) is 37.8 Å². The highest BCUT2D eigenvalue weighted by molar-refractivity contribution is 5.87. The van der Waals surface area contributed by atoms with Crippen LogP contribution in [0.4, 0.5) is 0 Å². The molecule has 0 aromatic heterocycles. The quantitative estimate of drug-likeness (QED) is 0.434. The van der Waals surface area contributed by atoms with E-state index in [9.17, 15) is 4.79 Å². The summed E-state index contributed by atoms with van der Waals surface area (Å²) in [5.74, 6) is -0.0154. The largest absolute Gasteiger partial charge is 0.352 e. The molecule has 0 aliphatic rings. The van der Waals surface area contributed by atoms with E-state index >= 15 is 0 Å². The van der Waals surface area contributed by atoms with Gasteiger partial charge in [-0.1, -0.05) is 60.7 Å². The summed E-state index contributed by atoms with van der Waals surface area (Å²) in [6.45, 7) is 2.67. The van der Waals surface area contributed by atoms with Crippen molar-refractivity contribution in [3.05, 3.63) is 72.4 Å². The van der Waals surface area contributed by atoms with Gasteiger partial charge in [-0.25, -0.2) is 0 Å². The second kappa shape index (κ2) is 10.8. The Labute approximate surface area is 121 Å². The molecule has 0 fully saturated rings. The molecule has 0 bridgehead atoms. The number of carbonyl (C=O) groups excluding carboxylic acids is 1. The topological polar surface area (TPSA) is 29.1 Å². The first kappa shape index (κ1) is 16.0. The van der Waals surface area contributed by atoms with Crippen LogP contribution >= 0.6 is 0 Å². The molecule has 2 nitrogen and oxygen atoms in total. The third-order valence-electron chi connectivity index (χ3n) is 2.76. The molecule has 0 saturated heterocycles. The number of hydrogen-bond acceptors (Lipinski definition) is 1. The van der Waals surface area contributed by atoms with Crippen LogP contribution in [0.25, 0.3) is 0 Å². The number of nitrogens with one attached hydrogen (secondary N) is 1. The van der Waals surface area contributed by atoms with E-state index in [0.717, 1.165) is 19.3 Å². The Bertz CT molecular complexity index is 458. The molecule has 1 rings (SSSR count). The zero-order valence-corrected chi connectivity index (χ0v) is 12.1. The summed E-state index contributed by atoms with van der Waals surface area (Å²) in [5, 5.41) is 2.89. The van der Waals surface area contributed by atoms with Crippen LogP contribution in [0.1, 0.15) is 25.3 Å². The first-order valence-electron chi connectivity index (χ1n) is 7.09. The molecule has 0 heterocycles. The Kier molecular flexibility index (Phi) is 8.62. The molecule has 0 saturated carbocycles. The van der Waals surface area contributed by atoms with Crippen LogP contribution in [0.3, 0.4) is 0 Å². The van der Waals surface area contributed by atoms with E-state index in [1.807, 2.05) is 49.4 Å². The normalized spacial score (nSPS) is 11.7. The van der Waals surface area contributed by atoms with Gasteiger partial charge in [0.1, 0.15) is 0 Å². The van der Waals surface area contributed by atoms with Gasteiger partial charge in [-0.15, -0.1) is 0 Å². The lowest BCUT2D eigenvalue weighted by Crippen LogP contribution is -2.23. The van der Waals surface area contributed by atoms with Crippen LogP contribution in [0, 0.1) is 0 Å². The fourth-order valence-electron chi connectivity index (χ4n) is 1.70. The molecule has 1 N–H and O–H groups in total. The summed E-state index contributed by atoms with van der Waals surface area (Å²) in [7, 11) is 0. The Morgan fingerprint density at radius 3 is 2.60 bits per heavy atom. The number of allylic oxidation sites excluding steroid dienone is 5. The highest BCUT2D eigenvalue weighted by Crippen LogP contribution is 1.98. The van der Waals surface area contributed by atoms with Crippen molar-refractivity contribution in [3.8, 4) is 0 Å². The third kappa shape index (κ3) is 8.09. The average molecular weight is 269 g/mol. The smallest absolute Gasteiger partial charge is 0.243 e. The lowest BCUT2D eigenvalue weighted by Gasteiger charge is -2.02. The second-order valence-electron chi connectivity index (χ2n) is 4.46. The van der Waals surface area contributed by atoms with E-state index in [4.69, 9.17) is 0 Å². The molecule has 0 spiro atoms. The summed E-state index contributed by atoms with van der Waals surface area (Å²) in [6.07, 6.45) is 14.4. The SMILES string of the molecule is C/C=C/C=C\CC/C=C/C(=O)NCCc1ccccc1. The highest BCUT2D eigenvalue weighted by atomic mass is 16.1. The van der Waals surface area contributed by atoms with Crippen LogP contribution in [0.5, 0.6) is 0 Å². The van der Waals surface area contributed by atoms with Gasteiger partial charge in [-0.3, -0.25) is 4.79 Å². The van der Waals surface area contributed by atoms with Gasteiger partial charge in [0.05, 0.1) is 0 Å². The molecule has 1 aromatic rings. The molecular formula is C18H23NO. The van der Waals surface area contributed by atoms with Crippen LogP contribution in [0.15, 0.2) is 66.8 Å². The number of rotatable bonds is 8. The summed E-state index contributed by atoms with van der Waals surface area (Å²) in [6, 6.07) is 10.2. The van der Waals surface area contributed by atoms with Crippen molar-refractivity contribution in [1.29, 1.82) is 0 Å². The Balaban J connectivity index is 2.11. The maximum Gasteiger partial charge on any atom is 0.243 e. The van der Waals surface area contributed by atoms with E-state index in [1.165, 1.54) is 5.56 Å². The number of amides is 1. The molecule has 1 aromatic carbocycles. The molecular weight excluding hydrogens is 246 g/mol. The standard InChI is InChI=1S/C18H23NO/c1-2-3-4-5-6-7-11-14-18(20)19-16-15-17-12-9-8-10-13-17/h2-5,8-14H,6-7,15-16H2,1H3,(H,19,20)/b3-2+,5-4-,14-11+. The van der Waals surface area contributed by atoms with Crippen LogP contribution in [0.2, 0.25) is 0 Å². The van der Waals surface area contributed by atoms with E-state index < -0.39 is 0 Å². The fraction of sp³-hybridized carbons (Fsp3) is 0.278. The molecule has 20 heavy (non-hydrogen) atoms. The zero-order chi connectivity index (χ0) is 14.5. The number of carbonyl (C=O) groups is 1. The van der Waals surface area contributed by atoms with Gasteiger partial charge in [-0.2, -0.15) is 0 Å². The van der Waals surface area contributed by atoms with Gasteiger partial charge < -0.3 is 5.32 Å². The van der Waals surface area contributed by atoms with Crippen LogP contribution in [-0.4, -0.2) is 12.5 Å². The van der Waals surface area contributed by atoms with Crippen molar-refractivity contribution < 1.29 is 4.79 Å². The first-order valence-corrected chi connectivity index (χ1v) is 7.09. The molecule has 0 aliphatic carbocycles. The molecule has 0 radical (unpaired) electrons. The van der Waals surface area contributed by atoms with Gasteiger partial charge in [0.15, 0.2) is 0 Å². The Morgan fingerprint density at radius 1 is 1.10 bits per heavy atom. The Hall–Kier alpha value is -2.09. The molecule has 1 amide bonds. The fourth-order valence-corrected chi connectivity index (χ4v) is 1.70. The predicted molar refractivity (Wildman–Crippen MR) is 85.5 cm³/mol. The zero-order valence-electron chi connectivity index (χ0n) is 12.1. The minimum atomic E-state index is -0.0154. The molecule has 0 atom stereocenters. The summed E-state index contributed by atoms with van der Waals surface area (Å²) < 4.78 is 0. The Morgan fingerprint density at radius 2 is 1.85 bits per heavy atom. The van der Waals surface area contributed by atoms with Crippen molar-refractivity contribution in [3.63, 3.8) is 0 Å². The van der Waals surface area contributed by atoms with Crippen LogP contribution < -0.4 is 5.32 Å². The minimum absolute atomic E-state index is 0.0154. The average Bonchev–Trinajstić information content (AvgIpc) is 2.47. The van der Waals surface area contributed by atoms with Crippen LogP contribution in [-0.2, 0) is 11.2 Å². The predicted octanol–water partition coefficient (Wildman–Crippen LogP) is 3.81. The summed E-state index contributed by atoms with van der Waals surface area (Å²) >= 11 is 0. The summed E-state index contributed by atoms with van der Waals surface area (Å²) in [5.41, 5.74) is 1.24. The van der Waals surface area contributed by atoms with Crippen molar-refractivity contribution >= 4 is 5.91 Å². The lowest BCUT2D eigenvalue weighted by molar-refractivity contribution is -0.116. The maximum absolute atomic E-state index is 11.5. The van der Waals surface area contributed by atoms with Gasteiger partial charge in [0.2, 0.25) is 5.91 Å². The summed E-state index contributed by atoms with van der Waals surface area (Å²) in [4.78, 5) is 11.5. The van der Waals surface area contributed by atoms with Crippen molar-refractivity contribution in [2.45, 2.75) is 26.2 Å². The van der Waals surface area contributed by atoms with E-state index in [2.05, 4.69) is 23.5 Å². The monoisotopic (exact) mass is 269 g/mol. The van der Waals surface area contributed by atoms with Crippen molar-refractivity contribution in [2.24, 2.45) is 0 Å². The van der Waals surface area contributed by atoms with Gasteiger partial charge in [0, 0.05) is 6.54 Å². The number of benzene rings is 1. The first-order chi connectivity index (χ1) is 9.83. The molecule has 106 valence electrons. The highest BCUT2D eigenvalue weighted by Gasteiger charge is 1.95. The third-order valence-corrected chi connectivity index (χ3v) is 2.76. The van der Waals surface area contributed by atoms with Crippen molar-refractivity contribution in [1.82, 2.24) is 5.32 Å². The second-order valence-corrected chi connectivity index (χ2v) is 4.46. The number of hydrogen-bond donors (Lipinski definition) is 1. The molecule has 0 aliphatic heterocycles. The van der Waals surface area contributed by atoms with Gasteiger partial charge >= 0.3 is 0 Å².